The van der Waals surface area contributed by atoms with Gasteiger partial charge in [0.25, 0.3) is 17.1 Å². The number of para-hydroxylation sites is 3. The number of nitro benzene ring substituents is 3. The summed E-state index contributed by atoms with van der Waals surface area (Å²) >= 11 is 16.4. The van der Waals surface area contributed by atoms with E-state index in [0.717, 1.165) is 60.8 Å². The summed E-state index contributed by atoms with van der Waals surface area (Å²) in [5.74, 6) is -1.35. The van der Waals surface area contributed by atoms with E-state index in [1.807, 2.05) is 101 Å². The molecule has 3 N–H and O–H groups in total. The Hall–Kier alpha value is -10.8. The highest BCUT2D eigenvalue weighted by molar-refractivity contribution is 7.19. The first-order valence-electron chi connectivity index (χ1n) is 29.2. The number of carboxylic acid groups (broad SMARTS) is 2. The number of piperidine rings is 1. The number of halogens is 2. The molecule has 0 spiro atoms. The molecule has 6 heterocycles. The average molecular weight is 1390 g/mol. The van der Waals surface area contributed by atoms with Gasteiger partial charge in [0.2, 0.25) is 5.13 Å². The molecule has 2 aliphatic heterocycles. The Morgan fingerprint density at radius 1 is 0.615 bits per heavy atom. The molecule has 96 heavy (non-hydrogen) atoms. The van der Waals surface area contributed by atoms with Crippen molar-refractivity contribution < 1.29 is 49.2 Å². The van der Waals surface area contributed by atoms with Gasteiger partial charge in [0.1, 0.15) is 23.2 Å². The second-order valence-corrected chi connectivity index (χ2v) is 25.1. The number of aromatic carboxylic acids is 1. The van der Waals surface area contributed by atoms with Crippen molar-refractivity contribution in [3.05, 3.63) is 239 Å². The van der Waals surface area contributed by atoms with Crippen LogP contribution >= 0.6 is 57.2 Å². The lowest BCUT2D eigenvalue weighted by molar-refractivity contribution is -0.385. The van der Waals surface area contributed by atoms with Crippen molar-refractivity contribution in [1.29, 1.82) is 0 Å². The molecule has 24 nitrogen and oxygen atoms in total. The highest BCUT2D eigenvalue weighted by atomic mass is 35.5. The summed E-state index contributed by atoms with van der Waals surface area (Å²) < 4.78 is 12.0. The first-order valence-corrected chi connectivity index (χ1v) is 32.6. The predicted octanol–water partition coefficient (Wildman–Crippen LogP) is 15.6. The molecule has 3 atom stereocenters. The van der Waals surface area contributed by atoms with E-state index >= 15 is 0 Å². The van der Waals surface area contributed by atoms with Crippen molar-refractivity contribution in [1.82, 2.24) is 24.7 Å². The van der Waals surface area contributed by atoms with Gasteiger partial charge in [-0.05, 0) is 84.8 Å². The normalized spacial score (nSPS) is 15.2. The van der Waals surface area contributed by atoms with Gasteiger partial charge in [0, 0.05) is 101 Å². The van der Waals surface area contributed by atoms with Crippen LogP contribution in [0.5, 0.6) is 11.5 Å². The smallest absolute Gasteiger partial charge is 0.357 e. The van der Waals surface area contributed by atoms with E-state index in [4.69, 9.17) is 42.6 Å². The van der Waals surface area contributed by atoms with Crippen LogP contribution in [0.4, 0.5) is 33.0 Å². The molecule has 2 aliphatic rings. The minimum atomic E-state index is -1.26. The number of non-ortho nitro benzene ring substituents is 1. The van der Waals surface area contributed by atoms with Gasteiger partial charge in [0.05, 0.1) is 78.8 Å². The number of hydrogen-bond acceptors (Lipinski definition) is 21. The molecule has 11 aromatic rings. The second-order valence-electron chi connectivity index (χ2n) is 21.7. The van der Waals surface area contributed by atoms with Crippen LogP contribution in [-0.2, 0) is 4.79 Å². The number of aromatic nitrogens is 5. The summed E-state index contributed by atoms with van der Waals surface area (Å²) in [6.07, 6.45) is 0.636. The number of methoxy groups -OCH3 is 2. The quantitative estimate of drug-likeness (QED) is 0.0433. The zero-order valence-corrected chi connectivity index (χ0v) is 54.7. The Labute approximate surface area is 568 Å². The van der Waals surface area contributed by atoms with Gasteiger partial charge in [-0.25, -0.2) is 29.2 Å². The number of nitro groups is 3. The third-order valence-electron chi connectivity index (χ3n) is 16.0. The zero-order valence-electron chi connectivity index (χ0n) is 50.7. The summed E-state index contributed by atoms with van der Waals surface area (Å²) in [7, 11) is 3.23. The molecule has 3 unspecified atom stereocenters. The van der Waals surface area contributed by atoms with Crippen LogP contribution in [0.25, 0.3) is 60.2 Å². The number of aliphatic hydroxyl groups is 1. The largest absolute Gasteiger partial charge is 0.513 e. The maximum Gasteiger partial charge on any atom is 0.357 e. The maximum atomic E-state index is 12.4. The average Bonchev–Trinajstić information content (AvgIpc) is 1.58. The minimum Gasteiger partial charge on any atom is -0.513 e. The Bertz CT molecular complexity index is 4660. The standard InChI is InChI=1S/C28H26N4O6S.C22H19Cl2N3O3S.C17H10N4O4S/c1-37-20-11-7-18(8-12-20)25-26(19-9-13-21(38-2)14-10-19)39-28(29-25)30-15-16-31(24(17-30)27(33)34)22-5-3-4-6-23(22)32(35)36;1-13(28)17-11-26(9-8-15(17)16-4-2-3-5-21(16)27(29)30)22-25-20(12-31-22)14-6-7-18(23)19(24)10-14;22-16(23)15-12-8-11(21(24)25)6-7-14(12)20(19-15)17-18-13(9-26-17)10-4-2-1-3-5-10/h3-14,24H,15-17H2,1-2H3,(H,33,34);2-7,10,12,15,17,28H,1,8-9,11H2;1-9H,(H,22,23). The molecular weight excluding hydrogens is 1330 g/mol. The fourth-order valence-corrected chi connectivity index (χ4v) is 14.4. The number of aliphatic hydroxyl groups excluding tert-OH is 1. The lowest BCUT2D eigenvalue weighted by Gasteiger charge is -2.40. The monoisotopic (exact) mass is 1390 g/mol. The first-order chi connectivity index (χ1) is 46.3. The van der Waals surface area contributed by atoms with Crippen molar-refractivity contribution in [2.75, 3.05) is 61.6 Å². The second kappa shape index (κ2) is 29.2. The molecule has 0 saturated carbocycles. The summed E-state index contributed by atoms with van der Waals surface area (Å²) in [4.78, 5) is 77.3. The highest BCUT2D eigenvalue weighted by Gasteiger charge is 2.39. The molecule has 0 aliphatic carbocycles. The van der Waals surface area contributed by atoms with Crippen LogP contribution in [0, 0.1) is 36.3 Å². The lowest BCUT2D eigenvalue weighted by Crippen LogP contribution is -2.57. The maximum absolute atomic E-state index is 12.4. The van der Waals surface area contributed by atoms with E-state index in [2.05, 4.69) is 21.6 Å². The number of aliphatic carboxylic acids is 1. The summed E-state index contributed by atoms with van der Waals surface area (Å²) in [6.45, 7) is 5.74. The molecule has 2 saturated heterocycles. The molecule has 13 rings (SSSR count). The third-order valence-corrected chi connectivity index (χ3v) is 19.6. The van der Waals surface area contributed by atoms with Crippen molar-refractivity contribution >= 4 is 113 Å². The fourth-order valence-electron chi connectivity index (χ4n) is 11.3. The Morgan fingerprint density at radius 2 is 1.22 bits per heavy atom. The van der Waals surface area contributed by atoms with E-state index in [0.29, 0.717) is 63.1 Å². The number of nitrogens with zero attached hydrogens (tertiary/aromatic N) is 11. The van der Waals surface area contributed by atoms with Gasteiger partial charge in [-0.2, -0.15) is 5.10 Å². The SMILES string of the molecule is C=C(O)C1CN(c2nc(-c3ccc(Cl)c(Cl)c3)cs2)CCC1c1ccccc1[N+](=O)[O-].COc1ccc(-c2nc(N3CCN(c4ccccc4[N+](=O)[O-])C(C(=O)O)C3)sc2-c2ccc(OC)cc2)cc1.O=C(O)c1nn(-c2nc(-c3ccccc3)cs2)c2ccc([N+](=O)[O-])cc12. The van der Waals surface area contributed by atoms with E-state index in [-0.39, 0.29) is 63.8 Å². The molecular formula is C67H55Cl2N11O13S3. The Kier molecular flexibility index (Phi) is 20.3. The number of benzene rings is 7. The number of carbonyl (C=O) groups is 2. The molecule has 0 radical (unpaired) electrons. The van der Waals surface area contributed by atoms with Crippen molar-refractivity contribution in [3.63, 3.8) is 0 Å². The number of carboxylic acids is 2. The molecule has 4 aromatic heterocycles. The van der Waals surface area contributed by atoms with Crippen LogP contribution in [0.2, 0.25) is 10.0 Å². The molecule has 0 bridgehead atoms. The topological polar surface area (TPSA) is 309 Å². The van der Waals surface area contributed by atoms with Gasteiger partial charge < -0.3 is 39.5 Å². The fraction of sp³-hybridized carbons (Fsp3) is 0.164. The number of hydrogen-bond donors (Lipinski definition) is 3. The van der Waals surface area contributed by atoms with Crippen LogP contribution in [0.1, 0.15) is 28.4 Å². The van der Waals surface area contributed by atoms with Crippen molar-refractivity contribution in [3.8, 4) is 60.8 Å². The first kappa shape index (κ1) is 66.6. The number of thiazole rings is 3. The van der Waals surface area contributed by atoms with E-state index < -0.39 is 27.8 Å². The minimum absolute atomic E-state index is 0.0223. The van der Waals surface area contributed by atoms with E-state index in [1.165, 1.54) is 69.0 Å². The van der Waals surface area contributed by atoms with Gasteiger partial charge >= 0.3 is 11.9 Å². The van der Waals surface area contributed by atoms with Crippen LogP contribution in [0.3, 0.4) is 0 Å². The Morgan fingerprint density at radius 3 is 1.85 bits per heavy atom. The van der Waals surface area contributed by atoms with Gasteiger partial charge in [-0.3, -0.25) is 30.3 Å². The Balaban J connectivity index is 0.000000149. The zero-order chi connectivity index (χ0) is 67.9. The number of piperazine rings is 1. The number of fused-ring (bicyclic) bond motifs is 1. The summed E-state index contributed by atoms with van der Waals surface area (Å²) in [5.41, 5.74) is 6.85. The number of anilines is 3. The molecule has 7 aromatic carbocycles. The van der Waals surface area contributed by atoms with E-state index in [1.54, 1.807) is 67.7 Å². The van der Waals surface area contributed by atoms with Crippen LogP contribution < -0.4 is 24.2 Å². The molecule has 29 heteroatoms. The predicted molar refractivity (Wildman–Crippen MR) is 371 cm³/mol. The van der Waals surface area contributed by atoms with E-state index in [9.17, 15) is 55.3 Å². The summed E-state index contributed by atoms with van der Waals surface area (Å²) in [5, 5.41) is 74.9. The number of rotatable bonds is 17. The molecule has 2 fully saturated rings. The summed E-state index contributed by atoms with van der Waals surface area (Å²) in [6, 6.07) is 46.3. The third kappa shape index (κ3) is 14.4. The van der Waals surface area contributed by atoms with Gasteiger partial charge in [-0.15, -0.1) is 22.7 Å². The van der Waals surface area contributed by atoms with Crippen LogP contribution in [-0.4, -0.2) is 120 Å². The van der Waals surface area contributed by atoms with Gasteiger partial charge in [-0.1, -0.05) is 108 Å². The highest BCUT2D eigenvalue weighted by Crippen LogP contribution is 2.45. The molecule has 0 amide bonds. The van der Waals surface area contributed by atoms with Gasteiger partial charge in [0.15, 0.2) is 16.0 Å². The van der Waals surface area contributed by atoms with Crippen molar-refractivity contribution in [2.45, 2.75) is 18.4 Å². The van der Waals surface area contributed by atoms with Crippen molar-refractivity contribution in [2.24, 2.45) is 5.92 Å². The van der Waals surface area contributed by atoms with Crippen LogP contribution in [0.15, 0.2) is 187 Å². The lowest BCUT2D eigenvalue weighted by atomic mass is 9.79. The number of ether oxygens (including phenoxy) is 2. The molecule has 488 valence electrons.